The number of anilines is 3. The number of benzene rings is 1. The van der Waals surface area contributed by atoms with E-state index in [9.17, 15) is 10.1 Å². The third-order valence-corrected chi connectivity index (χ3v) is 3.28. The summed E-state index contributed by atoms with van der Waals surface area (Å²) in [6, 6.07) is 11.3. The monoisotopic (exact) mass is 284 g/mol. The predicted molar refractivity (Wildman–Crippen MR) is 82.0 cm³/mol. The summed E-state index contributed by atoms with van der Waals surface area (Å²) in [4.78, 5) is 15.0. The molecule has 1 aliphatic rings. The van der Waals surface area contributed by atoms with E-state index in [2.05, 4.69) is 15.6 Å². The molecule has 0 aliphatic heterocycles. The Kier molecular flexibility index (Phi) is 3.43. The van der Waals surface area contributed by atoms with Gasteiger partial charge in [0.25, 0.3) is 0 Å². The smallest absolute Gasteiger partial charge is 0.311 e. The van der Waals surface area contributed by atoms with E-state index < -0.39 is 4.92 Å². The van der Waals surface area contributed by atoms with E-state index in [1.54, 1.807) is 6.07 Å². The van der Waals surface area contributed by atoms with E-state index in [-0.39, 0.29) is 5.69 Å². The molecule has 1 heterocycles. The van der Waals surface area contributed by atoms with Crippen LogP contribution in [0.25, 0.3) is 0 Å². The largest absolute Gasteiger partial charge is 0.362 e. The number of aromatic nitrogens is 1. The van der Waals surface area contributed by atoms with Crippen molar-refractivity contribution in [2.75, 3.05) is 10.6 Å². The zero-order chi connectivity index (χ0) is 14.8. The highest BCUT2D eigenvalue weighted by Gasteiger charge is 2.26. The lowest BCUT2D eigenvalue weighted by molar-refractivity contribution is -0.384. The van der Waals surface area contributed by atoms with E-state index >= 15 is 0 Å². The summed E-state index contributed by atoms with van der Waals surface area (Å²) in [5.74, 6) is 0.925. The highest BCUT2D eigenvalue weighted by atomic mass is 16.6. The van der Waals surface area contributed by atoms with Crippen LogP contribution in [-0.4, -0.2) is 15.9 Å². The van der Waals surface area contributed by atoms with Crippen LogP contribution in [0.1, 0.15) is 18.4 Å². The molecule has 2 N–H and O–H groups in total. The molecule has 0 atom stereocenters. The van der Waals surface area contributed by atoms with Crippen molar-refractivity contribution in [3.05, 3.63) is 52.1 Å². The molecule has 0 bridgehead atoms. The number of rotatable bonds is 5. The van der Waals surface area contributed by atoms with E-state index in [0.717, 1.165) is 24.1 Å². The first-order chi connectivity index (χ1) is 10.1. The maximum absolute atomic E-state index is 11.0. The summed E-state index contributed by atoms with van der Waals surface area (Å²) in [5.41, 5.74) is 2.06. The Balaban J connectivity index is 1.86. The van der Waals surface area contributed by atoms with Crippen LogP contribution >= 0.6 is 0 Å². The molecule has 6 heteroatoms. The molecule has 1 saturated carbocycles. The lowest BCUT2D eigenvalue weighted by Crippen LogP contribution is -2.07. The van der Waals surface area contributed by atoms with Crippen molar-refractivity contribution in [2.45, 2.75) is 25.8 Å². The highest BCUT2D eigenvalue weighted by Crippen LogP contribution is 2.31. The first kappa shape index (κ1) is 13.4. The molecule has 1 aromatic carbocycles. The van der Waals surface area contributed by atoms with Crippen molar-refractivity contribution in [3.8, 4) is 0 Å². The number of nitrogens with zero attached hydrogens (tertiary/aromatic N) is 2. The van der Waals surface area contributed by atoms with Crippen molar-refractivity contribution >= 4 is 23.0 Å². The van der Waals surface area contributed by atoms with Gasteiger partial charge in [0.1, 0.15) is 5.82 Å². The van der Waals surface area contributed by atoms with Crippen molar-refractivity contribution in [1.29, 1.82) is 0 Å². The number of hydrogen-bond acceptors (Lipinski definition) is 5. The van der Waals surface area contributed by atoms with Gasteiger partial charge in [-0.3, -0.25) is 10.1 Å². The van der Waals surface area contributed by atoms with Gasteiger partial charge in [0.2, 0.25) is 5.82 Å². The van der Waals surface area contributed by atoms with Crippen LogP contribution in [0.5, 0.6) is 0 Å². The predicted octanol–water partition coefficient (Wildman–Crippen LogP) is 3.62. The van der Waals surface area contributed by atoms with Crippen LogP contribution < -0.4 is 10.6 Å². The van der Waals surface area contributed by atoms with Crippen molar-refractivity contribution in [1.82, 2.24) is 4.98 Å². The number of aryl methyl sites for hydroxylation is 1. The highest BCUT2D eigenvalue weighted by molar-refractivity contribution is 5.65. The van der Waals surface area contributed by atoms with Gasteiger partial charge in [-0.15, -0.1) is 0 Å². The standard InChI is InChI=1S/C15H16N4O2/c1-10-3-2-4-12(9-10)16-14-8-7-13(19(20)21)15(18-14)17-11-5-6-11/h2-4,7-9,11H,5-6H2,1H3,(H2,16,17,18). The molecule has 2 aromatic rings. The average molecular weight is 284 g/mol. The van der Waals surface area contributed by atoms with Crippen LogP contribution in [-0.2, 0) is 0 Å². The summed E-state index contributed by atoms with van der Waals surface area (Å²) in [7, 11) is 0. The van der Waals surface area contributed by atoms with Crippen LogP contribution in [0, 0.1) is 17.0 Å². The van der Waals surface area contributed by atoms with E-state index in [1.807, 2.05) is 31.2 Å². The van der Waals surface area contributed by atoms with Gasteiger partial charge >= 0.3 is 5.69 Å². The Bertz CT molecular complexity index is 683. The number of pyridine rings is 1. The molecule has 0 radical (unpaired) electrons. The van der Waals surface area contributed by atoms with Crippen molar-refractivity contribution < 1.29 is 4.92 Å². The quantitative estimate of drug-likeness (QED) is 0.647. The first-order valence-electron chi connectivity index (χ1n) is 6.87. The first-order valence-corrected chi connectivity index (χ1v) is 6.87. The molecule has 1 fully saturated rings. The molecule has 6 nitrogen and oxygen atoms in total. The second-order valence-electron chi connectivity index (χ2n) is 5.23. The fraction of sp³-hybridized carbons (Fsp3) is 0.267. The van der Waals surface area contributed by atoms with Gasteiger partial charge in [-0.25, -0.2) is 4.98 Å². The molecule has 3 rings (SSSR count). The molecular formula is C15H16N4O2. The Hall–Kier alpha value is -2.63. The summed E-state index contributed by atoms with van der Waals surface area (Å²) in [5, 5.41) is 17.3. The van der Waals surface area contributed by atoms with Gasteiger partial charge in [0.15, 0.2) is 0 Å². The normalized spacial score (nSPS) is 13.8. The molecule has 1 aromatic heterocycles. The van der Waals surface area contributed by atoms with Crippen LogP contribution in [0.4, 0.5) is 23.0 Å². The zero-order valence-corrected chi connectivity index (χ0v) is 11.7. The minimum atomic E-state index is -0.409. The van der Waals surface area contributed by atoms with Gasteiger partial charge in [-0.2, -0.15) is 0 Å². The Morgan fingerprint density at radius 3 is 2.76 bits per heavy atom. The number of nitro groups is 1. The lowest BCUT2D eigenvalue weighted by Gasteiger charge is -2.09. The molecule has 1 aliphatic carbocycles. The SMILES string of the molecule is Cc1cccc(Nc2ccc([N+](=O)[O-])c(NC3CC3)n2)c1. The second kappa shape index (κ2) is 5.40. The average Bonchev–Trinajstić information content (AvgIpc) is 3.22. The summed E-state index contributed by atoms with van der Waals surface area (Å²) >= 11 is 0. The summed E-state index contributed by atoms with van der Waals surface area (Å²) in [6.07, 6.45) is 2.07. The molecule has 108 valence electrons. The van der Waals surface area contributed by atoms with Crippen molar-refractivity contribution in [3.63, 3.8) is 0 Å². The lowest BCUT2D eigenvalue weighted by atomic mass is 10.2. The second-order valence-corrected chi connectivity index (χ2v) is 5.23. The van der Waals surface area contributed by atoms with E-state index in [0.29, 0.717) is 17.7 Å². The number of hydrogen-bond donors (Lipinski definition) is 2. The topological polar surface area (TPSA) is 80.1 Å². The molecule has 0 unspecified atom stereocenters. The van der Waals surface area contributed by atoms with Gasteiger partial charge in [0, 0.05) is 17.8 Å². The van der Waals surface area contributed by atoms with Crippen LogP contribution in [0.15, 0.2) is 36.4 Å². The van der Waals surface area contributed by atoms with E-state index in [1.165, 1.54) is 6.07 Å². The molecule has 0 amide bonds. The van der Waals surface area contributed by atoms with E-state index in [4.69, 9.17) is 0 Å². The Morgan fingerprint density at radius 2 is 2.10 bits per heavy atom. The summed E-state index contributed by atoms with van der Waals surface area (Å²) in [6.45, 7) is 2.01. The van der Waals surface area contributed by atoms with Gasteiger partial charge < -0.3 is 10.6 Å². The fourth-order valence-electron chi connectivity index (χ4n) is 2.07. The molecule has 0 saturated heterocycles. The van der Waals surface area contributed by atoms with Gasteiger partial charge in [0.05, 0.1) is 4.92 Å². The third kappa shape index (κ3) is 3.28. The minimum absolute atomic E-state index is 0.0108. The molecule has 0 spiro atoms. The Labute approximate surface area is 122 Å². The van der Waals surface area contributed by atoms with Crippen LogP contribution in [0.2, 0.25) is 0 Å². The molecular weight excluding hydrogens is 268 g/mol. The van der Waals surface area contributed by atoms with Crippen LogP contribution in [0.3, 0.4) is 0 Å². The maximum Gasteiger partial charge on any atom is 0.311 e. The summed E-state index contributed by atoms with van der Waals surface area (Å²) < 4.78 is 0. The molecule has 21 heavy (non-hydrogen) atoms. The van der Waals surface area contributed by atoms with Crippen molar-refractivity contribution in [2.24, 2.45) is 0 Å². The van der Waals surface area contributed by atoms with Gasteiger partial charge in [-0.1, -0.05) is 12.1 Å². The fourth-order valence-corrected chi connectivity index (χ4v) is 2.07. The maximum atomic E-state index is 11.0. The number of nitrogens with one attached hydrogen (secondary N) is 2. The third-order valence-electron chi connectivity index (χ3n) is 3.28. The minimum Gasteiger partial charge on any atom is -0.362 e. The zero-order valence-electron chi connectivity index (χ0n) is 11.7. The van der Waals surface area contributed by atoms with Gasteiger partial charge in [-0.05, 0) is 43.5 Å². The Morgan fingerprint density at radius 1 is 1.29 bits per heavy atom.